The normalized spacial score (nSPS) is 11.6. The van der Waals surface area contributed by atoms with Crippen LogP contribution in [0.1, 0.15) is 5.56 Å². The van der Waals surface area contributed by atoms with Crippen molar-refractivity contribution in [3.8, 4) is 11.8 Å². The number of rotatable bonds is 2. The van der Waals surface area contributed by atoms with Crippen LogP contribution in [0.5, 0.6) is 0 Å². The van der Waals surface area contributed by atoms with Crippen LogP contribution in [0, 0.1) is 11.8 Å². The summed E-state index contributed by atoms with van der Waals surface area (Å²) in [6.45, 7) is 0. The van der Waals surface area contributed by atoms with E-state index in [0.29, 0.717) is 0 Å². The van der Waals surface area contributed by atoms with Crippen LogP contribution in [0.15, 0.2) is 36.4 Å². The fraction of sp³-hybridized carbons (Fsp3) is 0.154. The molecule has 0 aliphatic carbocycles. The molecule has 16 heavy (non-hydrogen) atoms. The van der Waals surface area contributed by atoms with E-state index in [1.807, 2.05) is 30.3 Å². The standard InChI is InChI=1S/C13H12O3/c1-16-13(15)10-9-12(14)8-7-11-5-3-2-4-6-11/h2-8,12,14H,1H3/b8-7+/t12-/m1/s1. The Kier molecular flexibility index (Phi) is 4.84. The van der Waals surface area contributed by atoms with Gasteiger partial charge in [-0.25, -0.2) is 4.79 Å². The van der Waals surface area contributed by atoms with Gasteiger partial charge in [0.25, 0.3) is 0 Å². The van der Waals surface area contributed by atoms with Gasteiger partial charge < -0.3 is 9.84 Å². The van der Waals surface area contributed by atoms with Crippen LogP contribution < -0.4 is 0 Å². The van der Waals surface area contributed by atoms with Gasteiger partial charge in [-0.15, -0.1) is 0 Å². The predicted molar refractivity (Wildman–Crippen MR) is 61.3 cm³/mol. The highest BCUT2D eigenvalue weighted by atomic mass is 16.5. The van der Waals surface area contributed by atoms with Gasteiger partial charge in [-0.1, -0.05) is 42.3 Å². The SMILES string of the molecule is COC(=O)C#C[C@H](O)/C=C/c1ccccc1. The molecule has 1 aromatic rings. The van der Waals surface area contributed by atoms with Crippen molar-refractivity contribution in [2.75, 3.05) is 7.11 Å². The Morgan fingerprint density at radius 1 is 1.44 bits per heavy atom. The lowest BCUT2D eigenvalue weighted by Gasteiger charge is -1.94. The monoisotopic (exact) mass is 216 g/mol. The van der Waals surface area contributed by atoms with E-state index in [-0.39, 0.29) is 0 Å². The second-order valence-electron chi connectivity index (χ2n) is 2.98. The van der Waals surface area contributed by atoms with Crippen LogP contribution in [0.3, 0.4) is 0 Å². The van der Waals surface area contributed by atoms with E-state index in [1.54, 1.807) is 6.08 Å². The summed E-state index contributed by atoms with van der Waals surface area (Å²) in [5, 5.41) is 9.39. The van der Waals surface area contributed by atoms with Gasteiger partial charge in [-0.05, 0) is 11.6 Å². The summed E-state index contributed by atoms with van der Waals surface area (Å²) < 4.78 is 4.32. The maximum absolute atomic E-state index is 10.7. The van der Waals surface area contributed by atoms with E-state index in [4.69, 9.17) is 0 Å². The first kappa shape index (κ1) is 12.0. The van der Waals surface area contributed by atoms with Gasteiger partial charge in [-0.2, -0.15) is 0 Å². The minimum Gasteiger partial charge on any atom is -0.459 e. The average molecular weight is 216 g/mol. The van der Waals surface area contributed by atoms with Crippen LogP contribution >= 0.6 is 0 Å². The summed E-state index contributed by atoms with van der Waals surface area (Å²) in [4.78, 5) is 10.7. The molecule has 0 bridgehead atoms. The van der Waals surface area contributed by atoms with Gasteiger partial charge in [0, 0.05) is 5.92 Å². The Labute approximate surface area is 94.4 Å². The number of aliphatic hydroxyl groups excluding tert-OH is 1. The topological polar surface area (TPSA) is 46.5 Å². The fourth-order valence-corrected chi connectivity index (χ4v) is 0.998. The highest BCUT2D eigenvalue weighted by Crippen LogP contribution is 2.01. The first-order valence-electron chi connectivity index (χ1n) is 4.73. The lowest BCUT2D eigenvalue weighted by Crippen LogP contribution is -2.00. The molecule has 0 fully saturated rings. The Hall–Kier alpha value is -2.05. The lowest BCUT2D eigenvalue weighted by molar-refractivity contribution is -0.133. The van der Waals surface area contributed by atoms with Crippen molar-refractivity contribution in [2.45, 2.75) is 6.10 Å². The van der Waals surface area contributed by atoms with Crippen molar-refractivity contribution >= 4 is 12.0 Å². The molecule has 0 aliphatic rings. The molecule has 3 heteroatoms. The van der Waals surface area contributed by atoms with E-state index in [1.165, 1.54) is 13.2 Å². The molecular weight excluding hydrogens is 204 g/mol. The maximum Gasteiger partial charge on any atom is 0.384 e. The van der Waals surface area contributed by atoms with Crippen LogP contribution in [-0.4, -0.2) is 24.3 Å². The number of ether oxygens (including phenoxy) is 1. The summed E-state index contributed by atoms with van der Waals surface area (Å²) in [6.07, 6.45) is 2.27. The third-order valence-electron chi connectivity index (χ3n) is 1.78. The molecule has 1 N–H and O–H groups in total. The van der Waals surface area contributed by atoms with Crippen LogP contribution in [0.25, 0.3) is 6.08 Å². The Balaban J connectivity index is 2.57. The molecule has 1 aromatic carbocycles. The summed E-state index contributed by atoms with van der Waals surface area (Å²) >= 11 is 0. The molecule has 0 spiro atoms. The number of hydrogen-bond acceptors (Lipinski definition) is 3. The number of benzene rings is 1. The molecule has 0 aromatic heterocycles. The molecule has 0 unspecified atom stereocenters. The highest BCUT2D eigenvalue weighted by Gasteiger charge is 1.94. The molecule has 0 saturated carbocycles. The minimum atomic E-state index is -0.973. The van der Waals surface area contributed by atoms with Crippen molar-refractivity contribution in [1.29, 1.82) is 0 Å². The van der Waals surface area contributed by atoms with Gasteiger partial charge in [0.15, 0.2) is 0 Å². The zero-order valence-electron chi connectivity index (χ0n) is 8.88. The third kappa shape index (κ3) is 4.45. The Morgan fingerprint density at radius 2 is 2.12 bits per heavy atom. The molecule has 0 saturated heterocycles. The third-order valence-corrected chi connectivity index (χ3v) is 1.78. The average Bonchev–Trinajstić information content (AvgIpc) is 2.34. The molecule has 0 aliphatic heterocycles. The summed E-state index contributed by atoms with van der Waals surface area (Å²) in [6, 6.07) is 9.50. The Morgan fingerprint density at radius 3 is 2.75 bits per heavy atom. The lowest BCUT2D eigenvalue weighted by atomic mass is 10.2. The molecule has 3 nitrogen and oxygen atoms in total. The van der Waals surface area contributed by atoms with Crippen molar-refractivity contribution in [2.24, 2.45) is 0 Å². The largest absolute Gasteiger partial charge is 0.459 e. The van der Waals surface area contributed by atoms with Gasteiger partial charge in [0.05, 0.1) is 7.11 Å². The van der Waals surface area contributed by atoms with Crippen LogP contribution in [0.4, 0.5) is 0 Å². The van der Waals surface area contributed by atoms with Crippen molar-refractivity contribution in [1.82, 2.24) is 0 Å². The molecular formula is C13H12O3. The van der Waals surface area contributed by atoms with E-state index >= 15 is 0 Å². The number of aliphatic hydroxyl groups is 1. The smallest absolute Gasteiger partial charge is 0.384 e. The molecule has 0 heterocycles. The maximum atomic E-state index is 10.7. The number of hydrogen-bond donors (Lipinski definition) is 1. The van der Waals surface area contributed by atoms with Crippen molar-refractivity contribution < 1.29 is 14.6 Å². The van der Waals surface area contributed by atoms with Gasteiger partial charge in [0.1, 0.15) is 6.10 Å². The zero-order valence-corrected chi connectivity index (χ0v) is 8.88. The quantitative estimate of drug-likeness (QED) is 0.459. The minimum absolute atomic E-state index is 0.660. The summed E-state index contributed by atoms with van der Waals surface area (Å²) in [7, 11) is 1.24. The first-order valence-corrected chi connectivity index (χ1v) is 4.73. The molecule has 1 atom stereocenters. The fourth-order valence-electron chi connectivity index (χ4n) is 0.998. The predicted octanol–water partition coefficient (Wildman–Crippen LogP) is 1.24. The molecule has 0 amide bonds. The van der Waals surface area contributed by atoms with E-state index < -0.39 is 12.1 Å². The van der Waals surface area contributed by atoms with Gasteiger partial charge in [0.2, 0.25) is 0 Å². The van der Waals surface area contributed by atoms with Crippen LogP contribution in [-0.2, 0) is 9.53 Å². The van der Waals surface area contributed by atoms with Crippen LogP contribution in [0.2, 0.25) is 0 Å². The van der Waals surface area contributed by atoms with E-state index in [0.717, 1.165) is 5.56 Å². The molecule has 0 radical (unpaired) electrons. The van der Waals surface area contributed by atoms with Gasteiger partial charge >= 0.3 is 5.97 Å². The Bertz CT molecular complexity index is 423. The second kappa shape index (κ2) is 6.44. The first-order chi connectivity index (χ1) is 7.72. The molecule has 82 valence electrons. The zero-order chi connectivity index (χ0) is 11.8. The second-order valence-corrected chi connectivity index (χ2v) is 2.98. The number of esters is 1. The van der Waals surface area contributed by atoms with Gasteiger partial charge in [-0.3, -0.25) is 0 Å². The summed E-state index contributed by atoms with van der Waals surface area (Å²) in [5.41, 5.74) is 0.960. The number of carbonyl (C=O) groups excluding carboxylic acids is 1. The number of methoxy groups -OCH3 is 1. The summed E-state index contributed by atoms with van der Waals surface area (Å²) in [5.74, 6) is 3.84. The highest BCUT2D eigenvalue weighted by molar-refractivity contribution is 5.88. The molecule has 1 rings (SSSR count). The van der Waals surface area contributed by atoms with Crippen molar-refractivity contribution in [3.05, 3.63) is 42.0 Å². The van der Waals surface area contributed by atoms with E-state index in [9.17, 15) is 9.90 Å². The van der Waals surface area contributed by atoms with E-state index in [2.05, 4.69) is 16.6 Å². The number of carbonyl (C=O) groups is 1. The van der Waals surface area contributed by atoms with Crippen molar-refractivity contribution in [3.63, 3.8) is 0 Å².